The van der Waals surface area contributed by atoms with Crippen molar-refractivity contribution in [3.63, 3.8) is 0 Å². The van der Waals surface area contributed by atoms with Crippen LogP contribution in [0.3, 0.4) is 0 Å². The molecule has 1 aromatic carbocycles. The van der Waals surface area contributed by atoms with Crippen LogP contribution in [0, 0.1) is 0 Å². The van der Waals surface area contributed by atoms with E-state index in [1.165, 1.54) is 0 Å². The van der Waals surface area contributed by atoms with Crippen LogP contribution in [-0.4, -0.2) is 139 Å². The standard InChI is InChI=1S/C30H16F34O6/c31-15(32,17(35,36)19(39,40)21(43,44)23(47,48)25(51,52)27(55,56)29(59,60)61)1-4-69-13(66)10-7-11(9-12(8-10)68-6-3-65)14(67)70-5-2-16(33,34)18(37,38)20(41,42)22(45,46)24(49,50)26(53,54)28(57,58)30(62,63)64/h7-9,65H,1-6H2. The van der Waals surface area contributed by atoms with Crippen molar-refractivity contribution in [1.29, 1.82) is 0 Å². The van der Waals surface area contributed by atoms with Crippen LogP contribution in [-0.2, 0) is 9.47 Å². The highest BCUT2D eigenvalue weighted by molar-refractivity contribution is 5.96. The first-order valence-electron chi connectivity index (χ1n) is 16.6. The van der Waals surface area contributed by atoms with Gasteiger partial charge in [0.25, 0.3) is 0 Å². The lowest BCUT2D eigenvalue weighted by Crippen LogP contribution is -2.74. The lowest BCUT2D eigenvalue weighted by molar-refractivity contribution is -0.461. The number of hydrogen-bond donors (Lipinski definition) is 1. The second kappa shape index (κ2) is 18.5. The molecular formula is C30H16F34O6. The smallest absolute Gasteiger partial charge is 0.460 e. The lowest BCUT2D eigenvalue weighted by Gasteiger charge is -2.42. The first kappa shape index (κ1) is 63.6. The number of ether oxygens (including phenoxy) is 3. The van der Waals surface area contributed by atoms with Crippen molar-refractivity contribution in [2.24, 2.45) is 0 Å². The Morgan fingerprint density at radius 3 is 0.800 bits per heavy atom. The van der Waals surface area contributed by atoms with Crippen LogP contribution in [0.5, 0.6) is 5.75 Å². The minimum atomic E-state index is -9.01. The number of benzene rings is 1. The monoisotopic (exact) mass is 1120 g/mol. The summed E-state index contributed by atoms with van der Waals surface area (Å²) in [4.78, 5) is 24.8. The Morgan fingerprint density at radius 1 is 0.343 bits per heavy atom. The number of halogens is 34. The van der Waals surface area contributed by atoms with Gasteiger partial charge in [-0.15, -0.1) is 0 Å². The number of carbonyl (C=O) groups excluding carboxylic acids is 2. The van der Waals surface area contributed by atoms with Crippen LogP contribution in [0.4, 0.5) is 149 Å². The van der Waals surface area contributed by atoms with Crippen LogP contribution in [0.2, 0.25) is 0 Å². The second-order valence-corrected chi connectivity index (χ2v) is 13.4. The SMILES string of the molecule is O=C(OCCC(F)(F)C(F)(F)C(F)(F)C(F)(F)C(F)(F)C(F)(F)C(F)(F)C(F)(F)F)c1cc(OCCO)cc(C(=O)OCCC(F)(F)C(F)(F)C(F)(F)C(F)(F)C(F)(F)C(F)(F)C(F)(F)C(F)(F)F)c1. The maximum Gasteiger partial charge on any atom is 0.460 e. The summed E-state index contributed by atoms with van der Waals surface area (Å²) in [6.45, 7) is -7.41. The summed E-state index contributed by atoms with van der Waals surface area (Å²) >= 11 is 0. The predicted molar refractivity (Wildman–Crippen MR) is 150 cm³/mol. The van der Waals surface area contributed by atoms with Gasteiger partial charge >= 0.3 is 107 Å². The molecule has 0 aliphatic carbocycles. The van der Waals surface area contributed by atoms with Crippen molar-refractivity contribution < 1.29 is 178 Å². The number of aliphatic hydroxyl groups is 1. The third-order valence-electron chi connectivity index (χ3n) is 8.61. The first-order valence-corrected chi connectivity index (χ1v) is 16.6. The Hall–Kier alpha value is -4.46. The van der Waals surface area contributed by atoms with Crippen LogP contribution < -0.4 is 4.74 Å². The van der Waals surface area contributed by atoms with Crippen LogP contribution in [0.25, 0.3) is 0 Å². The van der Waals surface area contributed by atoms with Gasteiger partial charge in [-0.1, -0.05) is 0 Å². The minimum Gasteiger partial charge on any atom is -0.491 e. The summed E-state index contributed by atoms with van der Waals surface area (Å²) in [5.41, 5.74) is -3.09. The Bertz CT molecular complexity index is 1880. The van der Waals surface area contributed by atoms with E-state index in [0.717, 1.165) is 0 Å². The highest BCUT2D eigenvalue weighted by atomic mass is 19.4. The Kier molecular flexibility index (Phi) is 16.8. The zero-order chi connectivity index (χ0) is 56.4. The number of hydrogen-bond acceptors (Lipinski definition) is 6. The van der Waals surface area contributed by atoms with Crippen molar-refractivity contribution in [3.05, 3.63) is 29.3 Å². The molecule has 0 radical (unpaired) electrons. The molecule has 1 rings (SSSR count). The Morgan fingerprint density at radius 2 is 0.571 bits per heavy atom. The van der Waals surface area contributed by atoms with Crippen LogP contribution in [0.15, 0.2) is 18.2 Å². The molecule has 6 nitrogen and oxygen atoms in total. The fourth-order valence-electron chi connectivity index (χ4n) is 4.50. The predicted octanol–water partition coefficient (Wildman–Crippen LogP) is 12.2. The summed E-state index contributed by atoms with van der Waals surface area (Å²) < 4.78 is 471. The average molecular weight is 1120 g/mol. The van der Waals surface area contributed by atoms with Gasteiger partial charge in [0.1, 0.15) is 12.4 Å². The molecule has 0 bridgehead atoms. The van der Waals surface area contributed by atoms with Crippen LogP contribution in [0.1, 0.15) is 33.6 Å². The highest BCUT2D eigenvalue weighted by Crippen LogP contribution is 2.66. The lowest BCUT2D eigenvalue weighted by atomic mass is 9.88. The summed E-state index contributed by atoms with van der Waals surface area (Å²) in [6.07, 6.45) is -22.9. The number of alkyl halides is 34. The number of carbonyl (C=O) groups is 2. The second-order valence-electron chi connectivity index (χ2n) is 13.4. The molecule has 410 valence electrons. The molecule has 0 amide bonds. The van der Waals surface area contributed by atoms with E-state index in [2.05, 4.69) is 14.2 Å². The normalized spacial score (nSPS) is 15.5. The molecule has 0 fully saturated rings. The average Bonchev–Trinajstić information content (AvgIpc) is 3.17. The van der Waals surface area contributed by atoms with Gasteiger partial charge in [-0.3, -0.25) is 0 Å². The third-order valence-corrected chi connectivity index (χ3v) is 8.61. The van der Waals surface area contributed by atoms with Gasteiger partial charge in [-0.05, 0) is 18.2 Å². The molecule has 0 saturated carbocycles. The van der Waals surface area contributed by atoms with E-state index in [-0.39, 0.29) is 18.2 Å². The van der Waals surface area contributed by atoms with E-state index in [1.807, 2.05) is 0 Å². The molecule has 1 aromatic rings. The van der Waals surface area contributed by atoms with E-state index >= 15 is 0 Å². The largest absolute Gasteiger partial charge is 0.491 e. The fraction of sp³-hybridized carbons (Fsp3) is 0.733. The van der Waals surface area contributed by atoms with Gasteiger partial charge in [0.2, 0.25) is 0 Å². The van der Waals surface area contributed by atoms with Crippen molar-refractivity contribution >= 4 is 11.9 Å². The summed E-state index contributed by atoms with van der Waals surface area (Å²) in [5.74, 6) is -125. The van der Waals surface area contributed by atoms with E-state index in [1.54, 1.807) is 0 Å². The van der Waals surface area contributed by atoms with E-state index < -0.39 is 163 Å². The van der Waals surface area contributed by atoms with Gasteiger partial charge < -0.3 is 19.3 Å². The van der Waals surface area contributed by atoms with E-state index in [0.29, 0.717) is 0 Å². The molecule has 0 saturated heterocycles. The Balaban J connectivity index is 3.45. The zero-order valence-electron chi connectivity index (χ0n) is 31.8. The Labute approximate surface area is 360 Å². The number of aliphatic hydroxyl groups excluding tert-OH is 1. The van der Waals surface area contributed by atoms with E-state index in [4.69, 9.17) is 5.11 Å². The summed E-state index contributed by atoms with van der Waals surface area (Å²) in [5, 5.41) is 8.83. The number of rotatable bonds is 23. The summed E-state index contributed by atoms with van der Waals surface area (Å²) in [6, 6.07) is 0.115. The van der Waals surface area contributed by atoms with Crippen molar-refractivity contribution in [2.45, 2.75) is 108 Å². The maximum absolute atomic E-state index is 14.2. The quantitative estimate of drug-likeness (QED) is 0.0869. The molecule has 0 spiro atoms. The molecule has 1 N–H and O–H groups in total. The molecule has 0 aromatic heterocycles. The zero-order valence-corrected chi connectivity index (χ0v) is 31.8. The molecule has 0 aliphatic rings. The van der Waals surface area contributed by atoms with Gasteiger partial charge in [-0.25, -0.2) is 9.59 Å². The van der Waals surface area contributed by atoms with Crippen molar-refractivity contribution in [3.8, 4) is 5.75 Å². The van der Waals surface area contributed by atoms with Gasteiger partial charge in [0, 0.05) is 0 Å². The molecular weight excluding hydrogens is 1100 g/mol. The molecule has 0 aliphatic heterocycles. The van der Waals surface area contributed by atoms with Gasteiger partial charge in [-0.2, -0.15) is 149 Å². The summed E-state index contributed by atoms with van der Waals surface area (Å²) in [7, 11) is 0. The molecule has 40 heteroatoms. The first-order chi connectivity index (χ1) is 30.4. The van der Waals surface area contributed by atoms with E-state index in [9.17, 15) is 159 Å². The van der Waals surface area contributed by atoms with Gasteiger partial charge in [0.05, 0.1) is 43.8 Å². The van der Waals surface area contributed by atoms with Crippen LogP contribution >= 0.6 is 0 Å². The third kappa shape index (κ3) is 9.76. The fourth-order valence-corrected chi connectivity index (χ4v) is 4.50. The molecule has 0 heterocycles. The minimum absolute atomic E-state index is 0.135. The molecule has 70 heavy (non-hydrogen) atoms. The topological polar surface area (TPSA) is 82.1 Å². The van der Waals surface area contributed by atoms with Crippen molar-refractivity contribution in [2.75, 3.05) is 26.4 Å². The van der Waals surface area contributed by atoms with Gasteiger partial charge in [0.15, 0.2) is 0 Å². The molecule has 0 unspecified atom stereocenters. The van der Waals surface area contributed by atoms with Crippen molar-refractivity contribution in [1.82, 2.24) is 0 Å². The number of esters is 2. The maximum atomic E-state index is 14.2. The molecule has 0 atom stereocenters. The highest BCUT2D eigenvalue weighted by Gasteiger charge is 2.97.